The number of benzene rings is 1. The van der Waals surface area contributed by atoms with Gasteiger partial charge >= 0.3 is 0 Å². The molecule has 20 heavy (non-hydrogen) atoms. The number of halogens is 2. The summed E-state index contributed by atoms with van der Waals surface area (Å²) in [5, 5.41) is 10.2. The molecule has 0 radical (unpaired) electrons. The molecule has 9 heteroatoms. The average molecular weight is 299 g/mol. The second-order valence-corrected chi connectivity index (χ2v) is 4.88. The Labute approximate surface area is 117 Å². The topological polar surface area (TPSA) is 85.8 Å². The van der Waals surface area contributed by atoms with Crippen molar-refractivity contribution in [1.29, 1.82) is 0 Å². The number of rotatable bonds is 4. The maximum atomic E-state index is 12.2. The Kier molecular flexibility index (Phi) is 4.18. The maximum absolute atomic E-state index is 12.2. The van der Waals surface area contributed by atoms with Gasteiger partial charge in [0.1, 0.15) is 5.69 Å². The minimum Gasteiger partial charge on any atom is -0.333 e. The van der Waals surface area contributed by atoms with Crippen molar-refractivity contribution in [3.05, 3.63) is 40.3 Å². The van der Waals surface area contributed by atoms with Gasteiger partial charge in [0, 0.05) is 10.6 Å². The van der Waals surface area contributed by atoms with Gasteiger partial charge in [0.05, 0.1) is 0 Å². The zero-order valence-corrected chi connectivity index (χ0v) is 11.2. The Hall–Kier alpha value is -2.16. The molecule has 0 unspecified atom stereocenters. The monoisotopic (exact) mass is 299 g/mol. The molecule has 6 nitrogen and oxygen atoms in total. The van der Waals surface area contributed by atoms with Gasteiger partial charge in [0.2, 0.25) is 5.95 Å². The fourth-order valence-corrected chi connectivity index (χ4v) is 1.92. The maximum Gasteiger partial charge on any atom is 0.295 e. The molecule has 0 aliphatic carbocycles. The predicted octanol–water partition coefficient (Wildman–Crippen LogP) is 1.72. The number of anilines is 2. The Balaban J connectivity index is 2.18. The van der Waals surface area contributed by atoms with E-state index in [1.165, 1.54) is 19.1 Å². The van der Waals surface area contributed by atoms with E-state index in [2.05, 4.69) is 15.5 Å². The zero-order chi connectivity index (χ0) is 14.7. The second kappa shape index (κ2) is 5.87. The molecule has 1 heterocycles. The molecule has 0 bridgehead atoms. The van der Waals surface area contributed by atoms with Crippen LogP contribution in [0.5, 0.6) is 0 Å². The van der Waals surface area contributed by atoms with Crippen molar-refractivity contribution in [2.24, 2.45) is 0 Å². The van der Waals surface area contributed by atoms with Crippen LogP contribution >= 0.6 is 11.8 Å². The molecule has 0 aliphatic heterocycles. The van der Waals surface area contributed by atoms with Gasteiger partial charge in [-0.05, 0) is 31.2 Å². The summed E-state index contributed by atoms with van der Waals surface area (Å²) < 4.78 is 25.2. The standard InChI is InChI=1S/C11H11F2N5OS/c1-6-9(19)18(14)11(17-16-6)15-7-2-4-8(5-3-7)20-10(12)13/h2-5,10H,14H2,1H3,(H,15,17). The first-order chi connectivity index (χ1) is 9.47. The number of alkyl halides is 2. The quantitative estimate of drug-likeness (QED) is 0.660. The number of hydrogen-bond donors (Lipinski definition) is 2. The fraction of sp³-hybridized carbons (Fsp3) is 0.182. The van der Waals surface area contributed by atoms with Crippen LogP contribution in [0.15, 0.2) is 34.0 Å². The van der Waals surface area contributed by atoms with Crippen molar-refractivity contribution >= 4 is 23.4 Å². The van der Waals surface area contributed by atoms with Crippen molar-refractivity contribution in [1.82, 2.24) is 14.9 Å². The SMILES string of the molecule is Cc1nnc(Nc2ccc(SC(F)F)cc2)n(N)c1=O. The number of thioether (sulfide) groups is 1. The number of nitrogens with two attached hydrogens (primary N) is 1. The van der Waals surface area contributed by atoms with Crippen LogP contribution in [0.3, 0.4) is 0 Å². The van der Waals surface area contributed by atoms with E-state index in [1.54, 1.807) is 12.1 Å². The van der Waals surface area contributed by atoms with Gasteiger partial charge in [-0.15, -0.1) is 10.2 Å². The van der Waals surface area contributed by atoms with Crippen molar-refractivity contribution in [3.8, 4) is 0 Å². The second-order valence-electron chi connectivity index (χ2n) is 3.81. The van der Waals surface area contributed by atoms with Gasteiger partial charge in [-0.1, -0.05) is 11.8 Å². The van der Waals surface area contributed by atoms with E-state index in [-0.39, 0.29) is 11.6 Å². The number of nitrogen functional groups attached to an aromatic ring is 1. The molecule has 2 aromatic rings. The van der Waals surface area contributed by atoms with E-state index in [0.717, 1.165) is 4.68 Å². The van der Waals surface area contributed by atoms with Crippen molar-refractivity contribution in [3.63, 3.8) is 0 Å². The van der Waals surface area contributed by atoms with Gasteiger partial charge in [0.15, 0.2) is 0 Å². The lowest BCUT2D eigenvalue weighted by molar-refractivity contribution is 0.252. The first-order valence-electron chi connectivity index (χ1n) is 5.50. The summed E-state index contributed by atoms with van der Waals surface area (Å²) in [4.78, 5) is 12.0. The first-order valence-corrected chi connectivity index (χ1v) is 6.38. The number of aromatic nitrogens is 3. The van der Waals surface area contributed by atoms with Crippen molar-refractivity contribution < 1.29 is 8.78 Å². The van der Waals surface area contributed by atoms with Crippen LogP contribution < -0.4 is 16.7 Å². The molecule has 3 N–H and O–H groups in total. The highest BCUT2D eigenvalue weighted by molar-refractivity contribution is 7.99. The van der Waals surface area contributed by atoms with Crippen LogP contribution in [0.2, 0.25) is 0 Å². The van der Waals surface area contributed by atoms with Crippen LogP contribution in [0, 0.1) is 6.92 Å². The van der Waals surface area contributed by atoms with Gasteiger partial charge in [0.25, 0.3) is 11.3 Å². The summed E-state index contributed by atoms with van der Waals surface area (Å²) in [6, 6.07) is 6.22. The minimum atomic E-state index is -2.47. The zero-order valence-electron chi connectivity index (χ0n) is 10.4. The summed E-state index contributed by atoms with van der Waals surface area (Å²) in [5.41, 5.74) is 0.273. The molecule has 0 spiro atoms. The Bertz CT molecular complexity index is 659. The minimum absolute atomic E-state index is 0.0647. The Morgan fingerprint density at radius 2 is 1.95 bits per heavy atom. The van der Waals surface area contributed by atoms with E-state index in [1.807, 2.05) is 0 Å². The Morgan fingerprint density at radius 3 is 2.55 bits per heavy atom. The van der Waals surface area contributed by atoms with E-state index < -0.39 is 11.3 Å². The summed E-state index contributed by atoms with van der Waals surface area (Å²) in [7, 11) is 0. The molecule has 0 saturated heterocycles. The van der Waals surface area contributed by atoms with Crippen LogP contribution in [0.25, 0.3) is 0 Å². The van der Waals surface area contributed by atoms with Crippen LogP contribution in [0.4, 0.5) is 20.4 Å². The third-order valence-electron chi connectivity index (χ3n) is 2.39. The molecule has 2 rings (SSSR count). The van der Waals surface area contributed by atoms with Crippen LogP contribution in [0.1, 0.15) is 5.69 Å². The van der Waals surface area contributed by atoms with Crippen molar-refractivity contribution in [2.75, 3.05) is 11.2 Å². The molecule has 0 saturated carbocycles. The lowest BCUT2D eigenvalue weighted by Gasteiger charge is -2.09. The van der Waals surface area contributed by atoms with Crippen LogP contribution in [-0.2, 0) is 0 Å². The summed E-state index contributed by atoms with van der Waals surface area (Å²) in [6.45, 7) is 1.50. The highest BCUT2D eigenvalue weighted by Crippen LogP contribution is 2.26. The molecular weight excluding hydrogens is 288 g/mol. The molecule has 0 fully saturated rings. The predicted molar refractivity (Wildman–Crippen MR) is 72.8 cm³/mol. The van der Waals surface area contributed by atoms with Crippen molar-refractivity contribution in [2.45, 2.75) is 17.6 Å². The molecule has 0 atom stereocenters. The molecular formula is C11H11F2N5OS. The van der Waals surface area contributed by atoms with Gasteiger partial charge in [-0.25, -0.2) is 0 Å². The fourth-order valence-electron chi connectivity index (χ4n) is 1.42. The summed E-state index contributed by atoms with van der Waals surface area (Å²) >= 11 is 0.452. The smallest absolute Gasteiger partial charge is 0.295 e. The largest absolute Gasteiger partial charge is 0.333 e. The van der Waals surface area contributed by atoms with Gasteiger partial charge in [-0.2, -0.15) is 13.5 Å². The molecule has 1 aromatic heterocycles. The molecule has 0 amide bonds. The first kappa shape index (κ1) is 14.3. The highest BCUT2D eigenvalue weighted by Gasteiger charge is 2.08. The third-order valence-corrected chi connectivity index (χ3v) is 3.11. The van der Waals surface area contributed by atoms with Gasteiger partial charge in [-0.3, -0.25) is 4.79 Å². The molecule has 0 aliphatic rings. The van der Waals surface area contributed by atoms with Gasteiger partial charge < -0.3 is 11.2 Å². The number of nitrogens with zero attached hydrogens (tertiary/aromatic N) is 3. The lowest BCUT2D eigenvalue weighted by Crippen LogP contribution is -2.32. The van der Waals surface area contributed by atoms with E-state index >= 15 is 0 Å². The number of aryl methyl sites for hydroxylation is 1. The highest BCUT2D eigenvalue weighted by atomic mass is 32.2. The third kappa shape index (κ3) is 3.23. The average Bonchev–Trinajstić information content (AvgIpc) is 2.41. The Morgan fingerprint density at radius 1 is 1.30 bits per heavy atom. The number of hydrogen-bond acceptors (Lipinski definition) is 6. The summed E-state index contributed by atoms with van der Waals surface area (Å²) in [5.74, 6) is 3.16. The normalized spacial score (nSPS) is 10.8. The number of nitrogens with one attached hydrogen (secondary N) is 1. The van der Waals surface area contributed by atoms with E-state index in [0.29, 0.717) is 22.3 Å². The lowest BCUT2D eigenvalue weighted by atomic mass is 10.3. The van der Waals surface area contributed by atoms with Crippen LogP contribution in [-0.4, -0.2) is 20.6 Å². The van der Waals surface area contributed by atoms with E-state index in [9.17, 15) is 13.6 Å². The molecule has 106 valence electrons. The molecule has 1 aromatic carbocycles. The van der Waals surface area contributed by atoms with E-state index in [4.69, 9.17) is 5.84 Å². The summed E-state index contributed by atoms with van der Waals surface area (Å²) in [6.07, 6.45) is 0.